The summed E-state index contributed by atoms with van der Waals surface area (Å²) in [4.78, 5) is 0. The van der Waals surface area contributed by atoms with Gasteiger partial charge in [-0.2, -0.15) is 0 Å². The molecule has 0 aliphatic carbocycles. The minimum Gasteiger partial charge on any atom is -0.489 e. The van der Waals surface area contributed by atoms with Crippen LogP contribution in [0, 0.1) is 5.41 Å². The molecular formula is C17H24OTi. The Morgan fingerprint density at radius 3 is 2.21 bits per heavy atom. The van der Waals surface area contributed by atoms with E-state index in [1.165, 1.54) is 11.1 Å². The molecule has 1 aromatic rings. The molecule has 102 valence electrons. The van der Waals surface area contributed by atoms with Crippen molar-refractivity contribution in [1.82, 2.24) is 0 Å². The Morgan fingerprint density at radius 2 is 1.74 bits per heavy atom. The molecule has 0 atom stereocenters. The van der Waals surface area contributed by atoms with Gasteiger partial charge in [-0.15, -0.1) is 0 Å². The molecule has 0 saturated carbocycles. The largest absolute Gasteiger partial charge is 0.489 e. The fraction of sp³-hybridized carbons (Fsp3) is 0.412. The van der Waals surface area contributed by atoms with E-state index in [1.54, 1.807) is 0 Å². The summed E-state index contributed by atoms with van der Waals surface area (Å²) in [6.07, 6.45) is 4.34. The molecule has 2 heteroatoms. The Hall–Kier alpha value is -0.786. The van der Waals surface area contributed by atoms with Crippen molar-refractivity contribution in [2.24, 2.45) is 5.41 Å². The number of rotatable bonds is 4. The van der Waals surface area contributed by atoms with Crippen molar-refractivity contribution in [3.05, 3.63) is 53.6 Å². The van der Waals surface area contributed by atoms with Crippen LogP contribution in [0.4, 0.5) is 0 Å². The quantitative estimate of drug-likeness (QED) is 0.560. The Kier molecular flexibility index (Phi) is 8.05. The molecule has 0 aliphatic rings. The molecule has 0 heterocycles. The van der Waals surface area contributed by atoms with E-state index >= 15 is 0 Å². The Balaban J connectivity index is 0.00000324. The summed E-state index contributed by atoms with van der Waals surface area (Å²) in [7, 11) is 0. The summed E-state index contributed by atoms with van der Waals surface area (Å²) in [5.74, 6) is 0.922. The van der Waals surface area contributed by atoms with Crippen LogP contribution in [-0.4, -0.2) is 6.61 Å². The van der Waals surface area contributed by atoms with Gasteiger partial charge in [-0.25, -0.2) is 0 Å². The predicted octanol–water partition coefficient (Wildman–Crippen LogP) is 5.00. The van der Waals surface area contributed by atoms with Crippen molar-refractivity contribution in [3.8, 4) is 5.75 Å². The third-order valence-electron chi connectivity index (χ3n) is 2.96. The summed E-state index contributed by atoms with van der Waals surface area (Å²) >= 11 is 0. The van der Waals surface area contributed by atoms with E-state index in [2.05, 4.69) is 46.8 Å². The van der Waals surface area contributed by atoms with Gasteiger partial charge in [0.1, 0.15) is 12.4 Å². The smallest absolute Gasteiger partial charge is 0.119 e. The second kappa shape index (κ2) is 8.40. The molecule has 1 aromatic carbocycles. The van der Waals surface area contributed by atoms with Crippen LogP contribution in [-0.2, 0) is 21.7 Å². The molecular weight excluding hydrogens is 268 g/mol. The first-order valence-electron chi connectivity index (χ1n) is 6.45. The molecule has 1 nitrogen and oxygen atoms in total. The molecule has 0 N–H and O–H groups in total. The van der Waals surface area contributed by atoms with Gasteiger partial charge in [-0.1, -0.05) is 56.7 Å². The first-order valence-corrected chi connectivity index (χ1v) is 6.45. The maximum Gasteiger partial charge on any atom is 0.119 e. The third kappa shape index (κ3) is 6.80. The second-order valence-electron chi connectivity index (χ2n) is 5.55. The first-order chi connectivity index (χ1) is 8.43. The zero-order valence-electron chi connectivity index (χ0n) is 12.7. The topological polar surface area (TPSA) is 9.23 Å². The average molecular weight is 292 g/mol. The first kappa shape index (κ1) is 18.2. The molecule has 0 spiro atoms. The number of allylic oxidation sites excluding steroid dienone is 3. The monoisotopic (exact) mass is 292 g/mol. The predicted molar refractivity (Wildman–Crippen MR) is 78.9 cm³/mol. The summed E-state index contributed by atoms with van der Waals surface area (Å²) in [5, 5.41) is 0. The summed E-state index contributed by atoms with van der Waals surface area (Å²) in [6, 6.07) is 9.96. The zero-order chi connectivity index (χ0) is 13.6. The zero-order valence-corrected chi connectivity index (χ0v) is 14.2. The van der Waals surface area contributed by atoms with Crippen LogP contribution >= 0.6 is 0 Å². The van der Waals surface area contributed by atoms with Crippen LogP contribution in [0.1, 0.15) is 34.6 Å². The van der Waals surface area contributed by atoms with Gasteiger partial charge in [0.15, 0.2) is 0 Å². The molecule has 1 rings (SSSR count). The minimum atomic E-state index is 0. The van der Waals surface area contributed by atoms with Gasteiger partial charge in [-0.3, -0.25) is 0 Å². The fourth-order valence-electron chi connectivity index (χ4n) is 1.51. The molecule has 0 bridgehead atoms. The minimum absolute atomic E-state index is 0. The van der Waals surface area contributed by atoms with E-state index in [-0.39, 0.29) is 27.1 Å². The van der Waals surface area contributed by atoms with Crippen LogP contribution in [0.5, 0.6) is 5.75 Å². The van der Waals surface area contributed by atoms with Gasteiger partial charge in [0.25, 0.3) is 0 Å². The van der Waals surface area contributed by atoms with E-state index in [1.807, 2.05) is 30.3 Å². The van der Waals surface area contributed by atoms with Crippen molar-refractivity contribution in [3.63, 3.8) is 0 Å². The molecule has 0 radical (unpaired) electrons. The number of hydrogen-bond acceptors (Lipinski definition) is 1. The van der Waals surface area contributed by atoms with Crippen LogP contribution in [0.15, 0.2) is 53.6 Å². The number of ether oxygens (including phenoxy) is 1. The fourth-order valence-corrected chi connectivity index (χ4v) is 1.51. The van der Waals surface area contributed by atoms with E-state index in [0.29, 0.717) is 6.61 Å². The van der Waals surface area contributed by atoms with Crippen molar-refractivity contribution < 1.29 is 26.5 Å². The maximum absolute atomic E-state index is 5.84. The standard InChI is InChI=1S/C17H24O.Ti/c1-6-14(2)12-15(17(3,4)5)13-18-16-10-8-7-9-11-16;/h6-12H,13H2,1-5H3;. The Labute approximate surface area is 132 Å². The van der Waals surface area contributed by atoms with Crippen molar-refractivity contribution in [2.75, 3.05) is 6.61 Å². The molecule has 0 aromatic heterocycles. The number of hydrogen-bond donors (Lipinski definition) is 0. The Morgan fingerprint density at radius 1 is 1.16 bits per heavy atom. The van der Waals surface area contributed by atoms with E-state index in [9.17, 15) is 0 Å². The van der Waals surface area contributed by atoms with Gasteiger partial charge in [-0.05, 0) is 37.0 Å². The molecule has 19 heavy (non-hydrogen) atoms. The average Bonchev–Trinajstić information content (AvgIpc) is 2.34. The molecule has 0 aliphatic heterocycles. The van der Waals surface area contributed by atoms with Gasteiger partial charge in [0, 0.05) is 21.7 Å². The summed E-state index contributed by atoms with van der Waals surface area (Å²) < 4.78 is 5.84. The van der Waals surface area contributed by atoms with Crippen LogP contribution in [0.3, 0.4) is 0 Å². The van der Waals surface area contributed by atoms with Gasteiger partial charge >= 0.3 is 0 Å². The van der Waals surface area contributed by atoms with Crippen molar-refractivity contribution >= 4 is 0 Å². The second-order valence-corrected chi connectivity index (χ2v) is 5.55. The normalized spacial score (nSPS) is 12.9. The van der Waals surface area contributed by atoms with Gasteiger partial charge < -0.3 is 4.74 Å². The maximum atomic E-state index is 5.84. The molecule has 0 fully saturated rings. The SMILES string of the molecule is CC=C(C)C=C(COc1ccccc1)C(C)(C)C.[Ti]. The van der Waals surface area contributed by atoms with E-state index < -0.39 is 0 Å². The van der Waals surface area contributed by atoms with Crippen LogP contribution < -0.4 is 4.74 Å². The van der Waals surface area contributed by atoms with Gasteiger partial charge in [0.05, 0.1) is 0 Å². The van der Waals surface area contributed by atoms with Crippen molar-refractivity contribution in [2.45, 2.75) is 34.6 Å². The van der Waals surface area contributed by atoms with E-state index in [4.69, 9.17) is 4.74 Å². The Bertz CT molecular complexity index is 424. The number of benzene rings is 1. The van der Waals surface area contributed by atoms with E-state index in [0.717, 1.165) is 5.75 Å². The van der Waals surface area contributed by atoms with Crippen molar-refractivity contribution in [1.29, 1.82) is 0 Å². The summed E-state index contributed by atoms with van der Waals surface area (Å²) in [6.45, 7) is 11.5. The molecule has 0 amide bonds. The van der Waals surface area contributed by atoms with Gasteiger partial charge in [0.2, 0.25) is 0 Å². The summed E-state index contributed by atoms with van der Waals surface area (Å²) in [5.41, 5.74) is 2.71. The van der Waals surface area contributed by atoms with Crippen LogP contribution in [0.2, 0.25) is 0 Å². The molecule has 0 saturated heterocycles. The van der Waals surface area contributed by atoms with Crippen LogP contribution in [0.25, 0.3) is 0 Å². The number of para-hydroxylation sites is 1. The molecule has 0 unspecified atom stereocenters. The third-order valence-corrected chi connectivity index (χ3v) is 2.96.